The van der Waals surface area contributed by atoms with Crippen LogP contribution in [0.4, 0.5) is 18.3 Å². The van der Waals surface area contributed by atoms with Gasteiger partial charge < -0.3 is 30.7 Å². The highest BCUT2D eigenvalue weighted by atomic mass is 35.5. The first-order chi connectivity index (χ1) is 16.0. The molecule has 0 bridgehead atoms. The lowest BCUT2D eigenvalue weighted by atomic mass is 9.93. The Morgan fingerprint density at radius 2 is 2.12 bits per heavy atom. The maximum atomic E-state index is 13.1. The quantitative estimate of drug-likeness (QED) is 0.345. The second-order valence-electron chi connectivity index (χ2n) is 7.52. The highest BCUT2D eigenvalue weighted by Gasteiger charge is 2.54. The van der Waals surface area contributed by atoms with Gasteiger partial charge in [-0.3, -0.25) is 0 Å². The van der Waals surface area contributed by atoms with Gasteiger partial charge in [0.05, 0.1) is 22.3 Å². The van der Waals surface area contributed by atoms with Crippen LogP contribution in [0.25, 0.3) is 5.70 Å². The molecule has 0 amide bonds. The van der Waals surface area contributed by atoms with Crippen molar-refractivity contribution in [1.29, 1.82) is 0 Å². The summed E-state index contributed by atoms with van der Waals surface area (Å²) in [5, 5.41) is 3.79. The van der Waals surface area contributed by atoms with Crippen LogP contribution in [0.3, 0.4) is 0 Å². The molecule has 5 unspecified atom stereocenters. The number of nitrogens with zero attached hydrogens (tertiary/aromatic N) is 2. The Labute approximate surface area is 211 Å². The zero-order chi connectivity index (χ0) is 24.6. The van der Waals surface area contributed by atoms with Gasteiger partial charge >= 0.3 is 6.18 Å². The Morgan fingerprint density at radius 1 is 1.35 bits per heavy atom. The molecule has 186 valence electrons. The number of fused-ring (bicyclic) bond motifs is 1. The van der Waals surface area contributed by atoms with E-state index in [0.717, 1.165) is 11.8 Å². The summed E-state index contributed by atoms with van der Waals surface area (Å²) in [7, 11) is 0. The number of thioether (sulfide) groups is 1. The van der Waals surface area contributed by atoms with E-state index in [2.05, 4.69) is 4.98 Å². The molecule has 0 radical (unpaired) electrons. The number of hydrogen-bond acceptors (Lipinski definition) is 10. The normalized spacial score (nSPS) is 27.2. The molecule has 6 N–H and O–H groups in total. The monoisotopic (exact) mass is 557 g/mol. The number of aromatic nitrogens is 1. The number of nitrogens with two attached hydrogens (primary N) is 3. The van der Waals surface area contributed by atoms with E-state index in [9.17, 15) is 13.2 Å². The van der Waals surface area contributed by atoms with Crippen LogP contribution in [-0.4, -0.2) is 59.2 Å². The van der Waals surface area contributed by atoms with Crippen molar-refractivity contribution < 1.29 is 27.4 Å². The maximum Gasteiger partial charge on any atom is 0.411 e. The van der Waals surface area contributed by atoms with Crippen molar-refractivity contribution in [3.63, 3.8) is 0 Å². The SMILES string of the molecule is N/C(=C\N(N)C1C2OCC2OC(Sc2ccc(Cl)c(Cl)c2)C1OCC(F)(F)F)c1csc(N)n1. The Balaban J connectivity index is 1.62. The van der Waals surface area contributed by atoms with Crippen molar-refractivity contribution in [2.75, 3.05) is 18.9 Å². The molecule has 34 heavy (non-hydrogen) atoms. The zero-order valence-corrected chi connectivity index (χ0v) is 20.4. The van der Waals surface area contributed by atoms with Crippen molar-refractivity contribution >= 4 is 57.1 Å². The molecular formula is C19H20Cl2F3N5O3S2. The average molecular weight is 558 g/mol. The minimum Gasteiger partial charge on any atom is -0.396 e. The zero-order valence-electron chi connectivity index (χ0n) is 17.2. The van der Waals surface area contributed by atoms with Gasteiger partial charge in [0.25, 0.3) is 0 Å². The van der Waals surface area contributed by atoms with Crippen LogP contribution in [0.5, 0.6) is 0 Å². The molecule has 2 saturated heterocycles. The second kappa shape index (κ2) is 10.3. The van der Waals surface area contributed by atoms with Gasteiger partial charge in [-0.15, -0.1) is 11.3 Å². The summed E-state index contributed by atoms with van der Waals surface area (Å²) in [6.45, 7) is -1.23. The first-order valence-corrected chi connectivity index (χ1v) is 12.3. The molecule has 8 nitrogen and oxygen atoms in total. The number of rotatable bonds is 7. The fourth-order valence-corrected chi connectivity index (χ4v) is 5.65. The smallest absolute Gasteiger partial charge is 0.396 e. The number of hydrazine groups is 1. The van der Waals surface area contributed by atoms with Crippen LogP contribution in [0.1, 0.15) is 5.69 Å². The molecule has 15 heteroatoms. The van der Waals surface area contributed by atoms with E-state index in [1.54, 1.807) is 23.6 Å². The van der Waals surface area contributed by atoms with Crippen molar-refractivity contribution in [1.82, 2.24) is 9.99 Å². The Bertz CT molecular complexity index is 1060. The molecule has 2 fully saturated rings. The molecule has 0 aliphatic carbocycles. The molecule has 2 aliphatic heterocycles. The van der Waals surface area contributed by atoms with Crippen molar-refractivity contribution in [3.05, 3.63) is 45.5 Å². The minimum absolute atomic E-state index is 0.182. The summed E-state index contributed by atoms with van der Waals surface area (Å²) in [4.78, 5) is 4.72. The first-order valence-electron chi connectivity index (χ1n) is 9.80. The molecular weight excluding hydrogens is 538 g/mol. The predicted octanol–water partition coefficient (Wildman–Crippen LogP) is 3.70. The number of halogens is 5. The molecule has 1 aromatic heterocycles. The summed E-state index contributed by atoms with van der Waals surface area (Å²) in [6, 6.07) is 4.03. The summed E-state index contributed by atoms with van der Waals surface area (Å²) in [5.74, 6) is 6.29. The van der Waals surface area contributed by atoms with Gasteiger partial charge in [0, 0.05) is 16.5 Å². The van der Waals surface area contributed by atoms with Gasteiger partial charge in [0.1, 0.15) is 42.1 Å². The van der Waals surface area contributed by atoms with E-state index in [0.29, 0.717) is 25.8 Å². The lowest BCUT2D eigenvalue weighted by molar-refractivity contribution is -0.287. The Kier molecular flexibility index (Phi) is 7.74. The summed E-state index contributed by atoms with van der Waals surface area (Å²) < 4.78 is 56.2. The third-order valence-electron chi connectivity index (χ3n) is 5.10. The minimum atomic E-state index is -4.56. The number of ether oxygens (including phenoxy) is 3. The first kappa shape index (κ1) is 25.6. The molecule has 5 atom stereocenters. The van der Waals surface area contributed by atoms with Gasteiger partial charge in [-0.2, -0.15) is 13.2 Å². The second-order valence-corrected chi connectivity index (χ2v) is 10.4. The van der Waals surface area contributed by atoms with Crippen LogP contribution in [0.15, 0.2) is 34.7 Å². The van der Waals surface area contributed by atoms with E-state index < -0.39 is 42.6 Å². The topological polar surface area (TPSA) is 122 Å². The van der Waals surface area contributed by atoms with Crippen molar-refractivity contribution in [2.45, 2.75) is 40.9 Å². The fraction of sp³-hybridized carbons (Fsp3) is 0.421. The molecule has 3 heterocycles. The third-order valence-corrected chi connectivity index (χ3v) is 7.65. The van der Waals surface area contributed by atoms with Crippen LogP contribution >= 0.6 is 46.3 Å². The lowest BCUT2D eigenvalue weighted by Gasteiger charge is -2.53. The molecule has 2 aliphatic rings. The molecule has 1 aromatic carbocycles. The predicted molar refractivity (Wildman–Crippen MR) is 125 cm³/mol. The summed E-state index contributed by atoms with van der Waals surface area (Å²) in [5.41, 5.74) is 11.5. The highest BCUT2D eigenvalue weighted by molar-refractivity contribution is 7.99. The number of benzene rings is 1. The lowest BCUT2D eigenvalue weighted by Crippen LogP contribution is -2.70. The average Bonchev–Trinajstić information content (AvgIpc) is 3.17. The van der Waals surface area contributed by atoms with E-state index >= 15 is 0 Å². The van der Waals surface area contributed by atoms with Gasteiger partial charge in [0.2, 0.25) is 0 Å². The van der Waals surface area contributed by atoms with E-state index in [1.807, 2.05) is 0 Å². The van der Waals surface area contributed by atoms with E-state index in [4.69, 9.17) is 54.7 Å². The summed E-state index contributed by atoms with van der Waals surface area (Å²) in [6.07, 6.45) is -5.36. The number of nitrogen functional groups attached to an aromatic ring is 1. The van der Waals surface area contributed by atoms with Gasteiger partial charge in [-0.1, -0.05) is 35.0 Å². The fourth-order valence-electron chi connectivity index (χ4n) is 3.54. The van der Waals surface area contributed by atoms with E-state index in [1.165, 1.54) is 22.5 Å². The van der Waals surface area contributed by atoms with Crippen LogP contribution < -0.4 is 17.3 Å². The van der Waals surface area contributed by atoms with Crippen LogP contribution in [-0.2, 0) is 14.2 Å². The molecule has 0 spiro atoms. The van der Waals surface area contributed by atoms with Crippen LogP contribution in [0, 0.1) is 0 Å². The number of thiazole rings is 1. The number of hydrogen-bond donors (Lipinski definition) is 3. The molecule has 0 saturated carbocycles. The largest absolute Gasteiger partial charge is 0.411 e. The number of alkyl halides is 3. The highest BCUT2D eigenvalue weighted by Crippen LogP contribution is 2.42. The number of anilines is 1. The van der Waals surface area contributed by atoms with Gasteiger partial charge in [-0.05, 0) is 18.2 Å². The van der Waals surface area contributed by atoms with Crippen molar-refractivity contribution in [2.24, 2.45) is 11.6 Å². The maximum absolute atomic E-state index is 13.1. The molecule has 2 aromatic rings. The third kappa shape index (κ3) is 5.85. The van der Waals surface area contributed by atoms with Crippen molar-refractivity contribution in [3.8, 4) is 0 Å². The Hall–Kier alpha value is -1.45. The van der Waals surface area contributed by atoms with Gasteiger partial charge in [0.15, 0.2) is 5.13 Å². The molecule has 4 rings (SSSR count). The van der Waals surface area contributed by atoms with E-state index in [-0.39, 0.29) is 12.3 Å². The van der Waals surface area contributed by atoms with Gasteiger partial charge in [-0.25, -0.2) is 10.8 Å². The standard InChI is InChI=1S/C19H20Cl2F3N5O3S2/c20-9-2-1-8(3-10(9)21)34-17-16(31-7-19(22,23)24)14(15-13(32-17)5-30-15)29(27)4-11(25)12-6-33-18(26)28-12/h1-4,6,13-17H,5,7,25,27H2,(H2,26,28)/b11-4-. The Morgan fingerprint density at radius 3 is 2.71 bits per heavy atom. The summed E-state index contributed by atoms with van der Waals surface area (Å²) >= 11 is 14.4. The van der Waals surface area contributed by atoms with Crippen LogP contribution in [0.2, 0.25) is 10.0 Å².